The fraction of sp³-hybridized carbons (Fsp3) is 0.125. The maximum atomic E-state index is 14.4. The molecule has 0 aliphatic carbocycles. The number of pyridine rings is 1. The van der Waals surface area contributed by atoms with Gasteiger partial charge in [-0.3, -0.25) is 9.36 Å². The SMILES string of the molecule is Nc1cnn(-c2cc(Cl)c(=O)n(CC(F)F)c2-c2c(F)cccc2F)c1Cl. The van der Waals surface area contributed by atoms with Gasteiger partial charge in [-0.15, -0.1) is 0 Å². The summed E-state index contributed by atoms with van der Waals surface area (Å²) < 4.78 is 56.5. The molecule has 0 radical (unpaired) electrons. The van der Waals surface area contributed by atoms with Crippen molar-refractivity contribution in [2.24, 2.45) is 0 Å². The van der Waals surface area contributed by atoms with Gasteiger partial charge < -0.3 is 5.73 Å². The number of benzene rings is 1. The van der Waals surface area contributed by atoms with Crippen molar-refractivity contribution in [2.75, 3.05) is 5.73 Å². The fourth-order valence-electron chi connectivity index (χ4n) is 2.59. The minimum atomic E-state index is -3.00. The van der Waals surface area contributed by atoms with Crippen molar-refractivity contribution in [3.63, 3.8) is 0 Å². The van der Waals surface area contributed by atoms with Crippen molar-refractivity contribution >= 4 is 28.9 Å². The third-order valence-corrected chi connectivity index (χ3v) is 4.36. The first-order chi connectivity index (χ1) is 12.7. The molecule has 0 amide bonds. The molecule has 142 valence electrons. The van der Waals surface area contributed by atoms with Crippen LogP contribution in [0.1, 0.15) is 0 Å². The summed E-state index contributed by atoms with van der Waals surface area (Å²) in [4.78, 5) is 12.4. The van der Waals surface area contributed by atoms with Gasteiger partial charge in [0, 0.05) is 0 Å². The number of rotatable bonds is 4. The molecule has 3 aromatic rings. The van der Waals surface area contributed by atoms with Gasteiger partial charge in [0.2, 0.25) is 0 Å². The quantitative estimate of drug-likeness (QED) is 0.645. The molecule has 1 aromatic carbocycles. The fourth-order valence-corrected chi connectivity index (χ4v) is 2.98. The number of anilines is 1. The lowest BCUT2D eigenvalue weighted by atomic mass is 10.1. The number of hydrogen-bond donors (Lipinski definition) is 1. The molecular formula is C16H10Cl2F4N4O. The molecule has 0 aliphatic rings. The summed E-state index contributed by atoms with van der Waals surface area (Å²) in [6, 6.07) is 3.98. The standard InChI is InChI=1S/C16H10Cl2F4N4O/c17-7-4-11(26-15(18)10(23)5-24-26)14(25(16(7)27)6-12(21)22)13-8(19)2-1-3-9(13)20/h1-5,12H,6,23H2. The average molecular weight is 421 g/mol. The zero-order valence-corrected chi connectivity index (χ0v) is 14.8. The number of nitrogen functional groups attached to an aromatic ring is 1. The van der Waals surface area contributed by atoms with Crippen molar-refractivity contribution in [2.45, 2.75) is 13.0 Å². The van der Waals surface area contributed by atoms with Gasteiger partial charge in [0.1, 0.15) is 16.7 Å². The Labute approximate surface area is 159 Å². The van der Waals surface area contributed by atoms with Crippen LogP contribution in [0, 0.1) is 11.6 Å². The summed E-state index contributed by atoms with van der Waals surface area (Å²) in [7, 11) is 0. The van der Waals surface area contributed by atoms with Crippen molar-refractivity contribution in [1.29, 1.82) is 0 Å². The third-order valence-electron chi connectivity index (χ3n) is 3.71. The number of nitrogens with two attached hydrogens (primary N) is 1. The zero-order chi connectivity index (χ0) is 19.9. The Balaban J connectivity index is 2.49. The first-order valence-corrected chi connectivity index (χ1v) is 8.13. The molecule has 0 fully saturated rings. The molecule has 0 saturated heterocycles. The summed E-state index contributed by atoms with van der Waals surface area (Å²) in [5.74, 6) is -2.14. The molecule has 0 aliphatic heterocycles. The predicted molar refractivity (Wildman–Crippen MR) is 93.6 cm³/mol. The van der Waals surface area contributed by atoms with Gasteiger partial charge in [-0.1, -0.05) is 29.3 Å². The van der Waals surface area contributed by atoms with Gasteiger partial charge >= 0.3 is 0 Å². The van der Waals surface area contributed by atoms with Gasteiger partial charge in [-0.25, -0.2) is 22.2 Å². The van der Waals surface area contributed by atoms with Crippen molar-refractivity contribution in [3.05, 3.63) is 62.6 Å². The summed E-state index contributed by atoms with van der Waals surface area (Å²) in [6.07, 6.45) is -1.85. The molecule has 2 aromatic heterocycles. The van der Waals surface area contributed by atoms with Crippen LogP contribution in [0.25, 0.3) is 16.9 Å². The first kappa shape index (κ1) is 19.2. The molecule has 3 rings (SSSR count). The van der Waals surface area contributed by atoms with E-state index >= 15 is 0 Å². The highest BCUT2D eigenvalue weighted by Gasteiger charge is 2.25. The second-order valence-electron chi connectivity index (χ2n) is 5.43. The number of alkyl halides is 2. The van der Waals surface area contributed by atoms with Gasteiger partial charge in [0.05, 0.1) is 35.4 Å². The van der Waals surface area contributed by atoms with E-state index in [9.17, 15) is 22.4 Å². The van der Waals surface area contributed by atoms with Crippen LogP contribution in [-0.2, 0) is 6.54 Å². The van der Waals surface area contributed by atoms with Crippen LogP contribution in [-0.4, -0.2) is 20.8 Å². The lowest BCUT2D eigenvalue weighted by Crippen LogP contribution is -2.27. The van der Waals surface area contributed by atoms with E-state index in [-0.39, 0.29) is 16.5 Å². The highest BCUT2D eigenvalue weighted by molar-refractivity contribution is 6.32. The third kappa shape index (κ3) is 3.40. The molecular weight excluding hydrogens is 411 g/mol. The Morgan fingerprint density at radius 1 is 1.19 bits per heavy atom. The van der Waals surface area contributed by atoms with Crippen LogP contribution in [0.5, 0.6) is 0 Å². The molecule has 11 heteroatoms. The van der Waals surface area contributed by atoms with E-state index in [4.69, 9.17) is 28.9 Å². The molecule has 2 N–H and O–H groups in total. The molecule has 27 heavy (non-hydrogen) atoms. The monoisotopic (exact) mass is 420 g/mol. The van der Waals surface area contributed by atoms with Crippen LogP contribution in [0.4, 0.5) is 23.2 Å². The molecule has 0 spiro atoms. The Bertz CT molecular complexity index is 1060. The molecule has 0 unspecified atom stereocenters. The second-order valence-corrected chi connectivity index (χ2v) is 6.20. The molecule has 0 saturated carbocycles. The maximum Gasteiger partial charge on any atom is 0.270 e. The van der Waals surface area contributed by atoms with E-state index in [1.807, 2.05) is 0 Å². The molecule has 5 nitrogen and oxygen atoms in total. The van der Waals surface area contributed by atoms with E-state index in [1.165, 1.54) is 0 Å². The topological polar surface area (TPSA) is 65.8 Å². The number of nitrogens with zero attached hydrogens (tertiary/aromatic N) is 3. The molecule has 0 atom stereocenters. The lowest BCUT2D eigenvalue weighted by molar-refractivity contribution is 0.126. The Kier molecular flexibility index (Phi) is 5.16. The van der Waals surface area contributed by atoms with Crippen LogP contribution in [0.2, 0.25) is 10.2 Å². The lowest BCUT2D eigenvalue weighted by Gasteiger charge is -2.19. The van der Waals surface area contributed by atoms with E-state index in [0.717, 1.165) is 35.1 Å². The van der Waals surface area contributed by atoms with Crippen molar-refractivity contribution in [3.8, 4) is 16.9 Å². The van der Waals surface area contributed by atoms with E-state index in [2.05, 4.69) is 5.10 Å². The Hall–Kier alpha value is -2.52. The van der Waals surface area contributed by atoms with Crippen molar-refractivity contribution in [1.82, 2.24) is 14.3 Å². The van der Waals surface area contributed by atoms with Crippen LogP contribution < -0.4 is 11.3 Å². The van der Waals surface area contributed by atoms with Crippen LogP contribution >= 0.6 is 23.2 Å². The van der Waals surface area contributed by atoms with Gasteiger partial charge in [-0.2, -0.15) is 5.10 Å². The van der Waals surface area contributed by atoms with Gasteiger partial charge in [0.15, 0.2) is 5.15 Å². The Morgan fingerprint density at radius 2 is 1.81 bits per heavy atom. The average Bonchev–Trinajstić information content (AvgIpc) is 2.92. The highest BCUT2D eigenvalue weighted by Crippen LogP contribution is 2.34. The minimum absolute atomic E-state index is 0.0272. The highest BCUT2D eigenvalue weighted by atomic mass is 35.5. The van der Waals surface area contributed by atoms with Gasteiger partial charge in [-0.05, 0) is 18.2 Å². The second kappa shape index (κ2) is 7.24. The van der Waals surface area contributed by atoms with Gasteiger partial charge in [0.25, 0.3) is 12.0 Å². The van der Waals surface area contributed by atoms with Crippen LogP contribution in [0.3, 0.4) is 0 Å². The predicted octanol–water partition coefficient (Wildman–Crippen LogP) is 4.13. The first-order valence-electron chi connectivity index (χ1n) is 7.37. The largest absolute Gasteiger partial charge is 0.395 e. The van der Waals surface area contributed by atoms with Crippen LogP contribution in [0.15, 0.2) is 35.3 Å². The summed E-state index contributed by atoms with van der Waals surface area (Å²) in [5.41, 5.74) is 3.22. The van der Waals surface area contributed by atoms with E-state index in [1.54, 1.807) is 0 Å². The molecule has 2 heterocycles. The smallest absolute Gasteiger partial charge is 0.270 e. The number of aromatic nitrogens is 3. The normalized spacial score (nSPS) is 11.4. The van der Waals surface area contributed by atoms with E-state index in [0.29, 0.717) is 4.57 Å². The summed E-state index contributed by atoms with van der Waals surface area (Å²) >= 11 is 11.9. The molecule has 0 bridgehead atoms. The van der Waals surface area contributed by atoms with Crippen molar-refractivity contribution < 1.29 is 17.6 Å². The maximum absolute atomic E-state index is 14.4. The Morgan fingerprint density at radius 3 is 2.33 bits per heavy atom. The summed E-state index contributed by atoms with van der Waals surface area (Å²) in [5, 5.41) is 3.27. The summed E-state index contributed by atoms with van der Waals surface area (Å²) in [6.45, 7) is -1.15. The zero-order valence-electron chi connectivity index (χ0n) is 13.3. The van der Waals surface area contributed by atoms with E-state index < -0.39 is 46.4 Å². The number of hydrogen-bond acceptors (Lipinski definition) is 3. The number of halogens is 6. The minimum Gasteiger partial charge on any atom is -0.395 e.